The number of nitrogens with zero attached hydrogens (tertiary/aromatic N) is 1. The van der Waals surface area contributed by atoms with Crippen molar-refractivity contribution in [3.05, 3.63) is 90.8 Å². The van der Waals surface area contributed by atoms with Gasteiger partial charge in [0, 0.05) is 12.2 Å². The molecule has 0 aliphatic carbocycles. The molecule has 2 atom stereocenters. The average Bonchev–Trinajstić information content (AvgIpc) is 2.55. The summed E-state index contributed by atoms with van der Waals surface area (Å²) in [6.07, 6.45) is 8.63. The van der Waals surface area contributed by atoms with Crippen LogP contribution in [0.15, 0.2) is 79.5 Å². The van der Waals surface area contributed by atoms with Gasteiger partial charge in [0.2, 0.25) is 0 Å². The Bertz CT molecular complexity index is 561. The molecule has 0 radical (unpaired) electrons. The van der Waals surface area contributed by atoms with E-state index in [0.717, 1.165) is 12.1 Å². The molecule has 0 amide bonds. The van der Waals surface area contributed by atoms with Crippen LogP contribution in [-0.4, -0.2) is 4.98 Å². The second-order valence-corrected chi connectivity index (χ2v) is 5.01. The molecule has 2 nitrogen and oxygen atoms in total. The monoisotopic (exact) mass is 278 g/mol. The fourth-order valence-corrected chi connectivity index (χ4v) is 2.31. The highest BCUT2D eigenvalue weighted by Crippen LogP contribution is 2.21. The molecule has 0 aliphatic rings. The van der Waals surface area contributed by atoms with Gasteiger partial charge in [-0.15, -0.1) is 0 Å². The van der Waals surface area contributed by atoms with Gasteiger partial charge >= 0.3 is 0 Å². The Hall–Kier alpha value is -2.19. The minimum atomic E-state index is 0.192. The Morgan fingerprint density at radius 2 is 1.90 bits per heavy atom. The van der Waals surface area contributed by atoms with Gasteiger partial charge in [0.15, 0.2) is 0 Å². The van der Waals surface area contributed by atoms with Gasteiger partial charge < -0.3 is 5.32 Å². The molecule has 0 saturated heterocycles. The smallest absolute Gasteiger partial charge is 0.0576 e. The van der Waals surface area contributed by atoms with Crippen molar-refractivity contribution in [2.75, 3.05) is 0 Å². The maximum Gasteiger partial charge on any atom is 0.0576 e. The molecule has 0 saturated carbocycles. The van der Waals surface area contributed by atoms with Crippen molar-refractivity contribution < 1.29 is 0 Å². The molecular formula is C19H22N2. The first-order valence-corrected chi connectivity index (χ1v) is 7.30. The summed E-state index contributed by atoms with van der Waals surface area (Å²) in [5.41, 5.74) is 2.35. The Kier molecular flexibility index (Phi) is 5.92. The van der Waals surface area contributed by atoms with Crippen LogP contribution in [-0.2, 0) is 0 Å². The number of hydrogen-bond acceptors (Lipinski definition) is 2. The Labute approximate surface area is 127 Å². The quantitative estimate of drug-likeness (QED) is 0.748. The molecule has 1 heterocycles. The van der Waals surface area contributed by atoms with Gasteiger partial charge in [-0.05, 0) is 31.0 Å². The predicted molar refractivity (Wildman–Crippen MR) is 88.9 cm³/mol. The van der Waals surface area contributed by atoms with E-state index < -0.39 is 0 Å². The molecule has 1 aromatic heterocycles. The second-order valence-electron chi connectivity index (χ2n) is 5.01. The van der Waals surface area contributed by atoms with E-state index in [1.807, 2.05) is 30.5 Å². The van der Waals surface area contributed by atoms with Crippen LogP contribution in [0.1, 0.15) is 36.7 Å². The number of hydrogen-bond donors (Lipinski definition) is 1. The van der Waals surface area contributed by atoms with Gasteiger partial charge in [-0.1, -0.05) is 61.2 Å². The molecule has 2 aromatic rings. The molecule has 0 spiro atoms. The van der Waals surface area contributed by atoms with Crippen LogP contribution in [0.2, 0.25) is 0 Å². The van der Waals surface area contributed by atoms with E-state index in [1.165, 1.54) is 5.56 Å². The molecule has 21 heavy (non-hydrogen) atoms. The maximum atomic E-state index is 4.48. The lowest BCUT2D eigenvalue weighted by molar-refractivity contribution is 0.461. The third-order valence-electron chi connectivity index (χ3n) is 3.44. The maximum absolute atomic E-state index is 4.48. The second kappa shape index (κ2) is 8.18. The fraction of sp³-hybridized carbons (Fsp3) is 0.211. The summed E-state index contributed by atoms with van der Waals surface area (Å²) in [5.74, 6) is 0. The van der Waals surface area contributed by atoms with Crippen molar-refractivity contribution in [2.45, 2.75) is 25.4 Å². The van der Waals surface area contributed by atoms with E-state index >= 15 is 0 Å². The molecule has 0 unspecified atom stereocenters. The highest BCUT2D eigenvalue weighted by atomic mass is 15.0. The van der Waals surface area contributed by atoms with Crippen LogP contribution < -0.4 is 5.32 Å². The average molecular weight is 278 g/mol. The largest absolute Gasteiger partial charge is 0.302 e. The van der Waals surface area contributed by atoms with Crippen LogP contribution in [0.25, 0.3) is 0 Å². The Morgan fingerprint density at radius 3 is 2.57 bits per heavy atom. The number of allylic oxidation sites excluding steroid dienone is 2. The molecule has 0 fully saturated rings. The molecule has 0 bridgehead atoms. The molecule has 1 N–H and O–H groups in total. The minimum absolute atomic E-state index is 0.192. The van der Waals surface area contributed by atoms with Crippen LogP contribution in [0, 0.1) is 0 Å². The van der Waals surface area contributed by atoms with E-state index in [4.69, 9.17) is 0 Å². The molecule has 2 heteroatoms. The highest BCUT2D eigenvalue weighted by molar-refractivity contribution is 5.19. The topological polar surface area (TPSA) is 24.9 Å². The number of pyridine rings is 1. The lowest BCUT2D eigenvalue weighted by atomic mass is 10.0. The van der Waals surface area contributed by atoms with Crippen LogP contribution in [0.3, 0.4) is 0 Å². The first kappa shape index (κ1) is 15.2. The van der Waals surface area contributed by atoms with E-state index in [-0.39, 0.29) is 12.1 Å². The van der Waals surface area contributed by atoms with Crippen LogP contribution >= 0.6 is 0 Å². The number of aromatic nitrogens is 1. The standard InChI is InChI=1S/C19H22N2/c1-3-4-6-14-19(18-13-9-10-15-20-18)21-16(2)17-11-7-5-8-12-17/h3-13,15-16,19,21H,1,14H2,2H3/b6-4+/t16-,19+/m0/s1. The zero-order valence-corrected chi connectivity index (χ0v) is 12.4. The van der Waals surface area contributed by atoms with Crippen molar-refractivity contribution in [2.24, 2.45) is 0 Å². The molecule has 2 rings (SSSR count). The van der Waals surface area contributed by atoms with Gasteiger partial charge in [0.25, 0.3) is 0 Å². The summed E-state index contributed by atoms with van der Waals surface area (Å²) in [4.78, 5) is 4.48. The zero-order valence-electron chi connectivity index (χ0n) is 12.4. The molecule has 1 aromatic carbocycles. The normalized spacial score (nSPS) is 14.0. The van der Waals surface area contributed by atoms with E-state index in [9.17, 15) is 0 Å². The Morgan fingerprint density at radius 1 is 1.14 bits per heavy atom. The lowest BCUT2D eigenvalue weighted by Gasteiger charge is -2.22. The van der Waals surface area contributed by atoms with Crippen molar-refractivity contribution in [3.8, 4) is 0 Å². The van der Waals surface area contributed by atoms with E-state index in [1.54, 1.807) is 6.08 Å². The third kappa shape index (κ3) is 4.69. The lowest BCUT2D eigenvalue weighted by Crippen LogP contribution is -2.25. The SMILES string of the molecule is C=C/C=C/C[C@@H](N[C@@H](C)c1ccccc1)c1ccccn1. The third-order valence-corrected chi connectivity index (χ3v) is 3.44. The highest BCUT2D eigenvalue weighted by Gasteiger charge is 2.14. The summed E-state index contributed by atoms with van der Waals surface area (Å²) in [7, 11) is 0. The van der Waals surface area contributed by atoms with Gasteiger partial charge in [-0.25, -0.2) is 0 Å². The first-order chi connectivity index (χ1) is 10.3. The van der Waals surface area contributed by atoms with Gasteiger partial charge in [-0.2, -0.15) is 0 Å². The van der Waals surface area contributed by atoms with Crippen molar-refractivity contribution in [3.63, 3.8) is 0 Å². The predicted octanol–water partition coefficient (Wildman–Crippen LogP) is 4.61. The summed E-state index contributed by atoms with van der Waals surface area (Å²) in [6.45, 7) is 5.90. The van der Waals surface area contributed by atoms with Crippen LogP contribution in [0.5, 0.6) is 0 Å². The van der Waals surface area contributed by atoms with Crippen molar-refractivity contribution in [1.29, 1.82) is 0 Å². The van der Waals surface area contributed by atoms with Gasteiger partial charge in [-0.3, -0.25) is 4.98 Å². The van der Waals surface area contributed by atoms with Gasteiger partial charge in [0.05, 0.1) is 11.7 Å². The zero-order chi connectivity index (χ0) is 14.9. The summed E-state index contributed by atoms with van der Waals surface area (Å²) in [5, 5.41) is 3.66. The van der Waals surface area contributed by atoms with Crippen molar-refractivity contribution in [1.82, 2.24) is 10.3 Å². The minimum Gasteiger partial charge on any atom is -0.302 e. The van der Waals surface area contributed by atoms with Crippen molar-refractivity contribution >= 4 is 0 Å². The molecular weight excluding hydrogens is 256 g/mol. The summed E-state index contributed by atoms with van der Waals surface area (Å²) < 4.78 is 0. The summed E-state index contributed by atoms with van der Waals surface area (Å²) >= 11 is 0. The Balaban J connectivity index is 2.12. The van der Waals surface area contributed by atoms with Gasteiger partial charge in [0.1, 0.15) is 0 Å². The molecule has 0 aliphatic heterocycles. The van der Waals surface area contributed by atoms with E-state index in [2.05, 4.69) is 60.2 Å². The van der Waals surface area contributed by atoms with Crippen LogP contribution in [0.4, 0.5) is 0 Å². The fourth-order valence-electron chi connectivity index (χ4n) is 2.31. The molecule has 108 valence electrons. The number of benzene rings is 1. The first-order valence-electron chi connectivity index (χ1n) is 7.30. The number of nitrogens with one attached hydrogen (secondary N) is 1. The summed E-state index contributed by atoms with van der Waals surface area (Å²) in [6, 6.07) is 17.0. The number of rotatable bonds is 7. The van der Waals surface area contributed by atoms with E-state index in [0.29, 0.717) is 0 Å².